The van der Waals surface area contributed by atoms with Crippen molar-refractivity contribution in [3.05, 3.63) is 23.7 Å². The van der Waals surface area contributed by atoms with Crippen molar-refractivity contribution in [2.45, 2.75) is 39.7 Å². The van der Waals surface area contributed by atoms with E-state index in [0.29, 0.717) is 0 Å². The van der Waals surface area contributed by atoms with Gasteiger partial charge in [0.2, 0.25) is 0 Å². The van der Waals surface area contributed by atoms with Crippen molar-refractivity contribution >= 4 is 0 Å². The quantitative estimate of drug-likeness (QED) is 0.730. The zero-order chi connectivity index (χ0) is 9.52. The Morgan fingerprint density at radius 3 is 2.69 bits per heavy atom. The van der Waals surface area contributed by atoms with Crippen LogP contribution < -0.4 is 5.32 Å². The minimum atomic E-state index is 0.850. The van der Waals surface area contributed by atoms with Crippen LogP contribution in [0.4, 0.5) is 0 Å². The van der Waals surface area contributed by atoms with E-state index in [1.54, 1.807) is 0 Å². The minimum Gasteiger partial charge on any atom is -0.465 e. The monoisotopic (exact) mass is 181 g/mol. The molecule has 2 heteroatoms. The van der Waals surface area contributed by atoms with Gasteiger partial charge in [-0.15, -0.1) is 0 Å². The van der Waals surface area contributed by atoms with Crippen LogP contribution >= 0.6 is 0 Å². The first kappa shape index (κ1) is 10.3. The summed E-state index contributed by atoms with van der Waals surface area (Å²) in [7, 11) is 0. The zero-order valence-corrected chi connectivity index (χ0v) is 8.60. The summed E-state index contributed by atoms with van der Waals surface area (Å²) in [6.45, 7) is 6.14. The number of hydrogen-bond donors (Lipinski definition) is 1. The van der Waals surface area contributed by atoms with Gasteiger partial charge in [0.05, 0.1) is 6.54 Å². The zero-order valence-electron chi connectivity index (χ0n) is 8.60. The molecule has 0 spiro atoms. The fourth-order valence-electron chi connectivity index (χ4n) is 1.25. The molecule has 1 N–H and O–H groups in total. The van der Waals surface area contributed by atoms with Crippen LogP contribution in [-0.2, 0) is 13.0 Å². The fraction of sp³-hybridized carbons (Fsp3) is 0.636. The number of rotatable bonds is 6. The maximum absolute atomic E-state index is 5.63. The van der Waals surface area contributed by atoms with E-state index >= 15 is 0 Å². The maximum Gasteiger partial charge on any atom is 0.117 e. The van der Waals surface area contributed by atoms with Crippen molar-refractivity contribution in [3.8, 4) is 0 Å². The van der Waals surface area contributed by atoms with Gasteiger partial charge < -0.3 is 9.73 Å². The highest BCUT2D eigenvalue weighted by Crippen LogP contribution is 2.10. The lowest BCUT2D eigenvalue weighted by Gasteiger charge is -1.97. The summed E-state index contributed by atoms with van der Waals surface area (Å²) in [5.41, 5.74) is 0. The molecule has 0 atom stereocenters. The van der Waals surface area contributed by atoms with Crippen LogP contribution in [0.15, 0.2) is 16.5 Å². The normalized spacial score (nSPS) is 10.6. The molecule has 74 valence electrons. The molecule has 0 aliphatic rings. The summed E-state index contributed by atoms with van der Waals surface area (Å²) in [5.74, 6) is 2.17. The first-order chi connectivity index (χ1) is 6.36. The van der Waals surface area contributed by atoms with E-state index in [2.05, 4.69) is 31.3 Å². The van der Waals surface area contributed by atoms with Gasteiger partial charge in [0.25, 0.3) is 0 Å². The van der Waals surface area contributed by atoms with Crippen LogP contribution in [0, 0.1) is 0 Å². The second-order valence-corrected chi connectivity index (χ2v) is 3.25. The van der Waals surface area contributed by atoms with E-state index in [1.165, 1.54) is 12.8 Å². The van der Waals surface area contributed by atoms with Crippen LogP contribution in [0.2, 0.25) is 0 Å². The van der Waals surface area contributed by atoms with Crippen LogP contribution in [0.3, 0.4) is 0 Å². The maximum atomic E-state index is 5.63. The standard InChI is InChI=1S/C11H19NO/c1-3-5-6-10-7-8-11(13-10)9-12-4-2/h7-8,12H,3-6,9H2,1-2H3. The second-order valence-electron chi connectivity index (χ2n) is 3.25. The van der Waals surface area contributed by atoms with Gasteiger partial charge in [0.1, 0.15) is 11.5 Å². The van der Waals surface area contributed by atoms with E-state index in [4.69, 9.17) is 4.42 Å². The number of nitrogens with one attached hydrogen (secondary N) is 1. The minimum absolute atomic E-state index is 0.850. The second kappa shape index (κ2) is 5.81. The van der Waals surface area contributed by atoms with Crippen molar-refractivity contribution in [1.29, 1.82) is 0 Å². The highest BCUT2D eigenvalue weighted by molar-refractivity contribution is 5.07. The van der Waals surface area contributed by atoms with Crippen molar-refractivity contribution in [1.82, 2.24) is 5.32 Å². The van der Waals surface area contributed by atoms with E-state index < -0.39 is 0 Å². The molecule has 0 unspecified atom stereocenters. The summed E-state index contributed by atoms with van der Waals surface area (Å²) >= 11 is 0. The number of furan rings is 1. The molecule has 0 aliphatic carbocycles. The van der Waals surface area contributed by atoms with Gasteiger partial charge in [-0.1, -0.05) is 20.3 Å². The molecule has 0 aromatic carbocycles. The molecule has 1 aromatic rings. The van der Waals surface area contributed by atoms with Gasteiger partial charge in [-0.3, -0.25) is 0 Å². The lowest BCUT2D eigenvalue weighted by Crippen LogP contribution is -2.10. The molecule has 2 nitrogen and oxygen atoms in total. The summed E-state index contributed by atoms with van der Waals surface area (Å²) in [6, 6.07) is 4.15. The molecule has 0 saturated carbocycles. The topological polar surface area (TPSA) is 25.2 Å². The van der Waals surface area contributed by atoms with Crippen LogP contribution in [0.5, 0.6) is 0 Å². The lowest BCUT2D eigenvalue weighted by molar-refractivity contribution is 0.444. The van der Waals surface area contributed by atoms with Gasteiger partial charge in [0.15, 0.2) is 0 Å². The van der Waals surface area contributed by atoms with Gasteiger partial charge in [-0.05, 0) is 25.1 Å². The van der Waals surface area contributed by atoms with Crippen LogP contribution in [0.25, 0.3) is 0 Å². The van der Waals surface area contributed by atoms with Gasteiger partial charge in [-0.25, -0.2) is 0 Å². The highest BCUT2D eigenvalue weighted by atomic mass is 16.3. The van der Waals surface area contributed by atoms with Crippen molar-refractivity contribution in [3.63, 3.8) is 0 Å². The molecule has 0 aliphatic heterocycles. The predicted molar refractivity (Wildman–Crippen MR) is 54.7 cm³/mol. The van der Waals surface area contributed by atoms with E-state index in [1.807, 2.05) is 0 Å². The molecule has 0 radical (unpaired) electrons. The van der Waals surface area contributed by atoms with Crippen molar-refractivity contribution in [2.24, 2.45) is 0 Å². The average molecular weight is 181 g/mol. The van der Waals surface area contributed by atoms with Gasteiger partial charge in [0, 0.05) is 6.42 Å². The van der Waals surface area contributed by atoms with Gasteiger partial charge in [-0.2, -0.15) is 0 Å². The molecule has 0 bridgehead atoms. The summed E-state index contributed by atoms with van der Waals surface area (Å²) in [4.78, 5) is 0. The molecule has 1 rings (SSSR count). The average Bonchev–Trinajstić information content (AvgIpc) is 2.59. The smallest absolute Gasteiger partial charge is 0.117 e. The molecule has 0 saturated heterocycles. The highest BCUT2D eigenvalue weighted by Gasteiger charge is 2.00. The summed E-state index contributed by atoms with van der Waals surface area (Å²) in [5, 5.41) is 3.24. The van der Waals surface area contributed by atoms with Crippen LogP contribution in [0.1, 0.15) is 38.2 Å². The van der Waals surface area contributed by atoms with E-state index in [-0.39, 0.29) is 0 Å². The van der Waals surface area contributed by atoms with Gasteiger partial charge >= 0.3 is 0 Å². The third-order valence-electron chi connectivity index (χ3n) is 2.04. The molecule has 1 aromatic heterocycles. The Balaban J connectivity index is 2.34. The number of hydrogen-bond acceptors (Lipinski definition) is 2. The molecule has 1 heterocycles. The predicted octanol–water partition coefficient (Wildman–Crippen LogP) is 2.73. The molecule has 0 amide bonds. The number of unbranched alkanes of at least 4 members (excludes halogenated alkanes) is 1. The number of aryl methyl sites for hydroxylation is 1. The Labute approximate surface area is 80.3 Å². The first-order valence-electron chi connectivity index (χ1n) is 5.15. The molecular weight excluding hydrogens is 162 g/mol. The van der Waals surface area contributed by atoms with E-state index in [9.17, 15) is 0 Å². The van der Waals surface area contributed by atoms with E-state index in [0.717, 1.165) is 31.0 Å². The SMILES string of the molecule is CCCCc1ccc(CNCC)o1. The lowest BCUT2D eigenvalue weighted by atomic mass is 10.2. The Morgan fingerprint density at radius 1 is 1.23 bits per heavy atom. The van der Waals surface area contributed by atoms with Crippen LogP contribution in [-0.4, -0.2) is 6.54 Å². The first-order valence-corrected chi connectivity index (χ1v) is 5.15. The summed E-state index contributed by atoms with van der Waals surface area (Å²) < 4.78 is 5.63. The molecule has 13 heavy (non-hydrogen) atoms. The Bertz CT molecular complexity index is 207. The van der Waals surface area contributed by atoms with Crippen molar-refractivity contribution < 1.29 is 4.42 Å². The third kappa shape index (κ3) is 3.64. The fourth-order valence-corrected chi connectivity index (χ4v) is 1.25. The van der Waals surface area contributed by atoms with Crippen molar-refractivity contribution in [2.75, 3.05) is 6.54 Å². The third-order valence-corrected chi connectivity index (χ3v) is 2.04. The Morgan fingerprint density at radius 2 is 2.00 bits per heavy atom. The largest absolute Gasteiger partial charge is 0.465 e. The summed E-state index contributed by atoms with van der Waals surface area (Å²) in [6.07, 6.45) is 3.51. The Kier molecular flexibility index (Phi) is 4.61. The Hall–Kier alpha value is -0.760. The molecular formula is C11H19NO. The molecule has 0 fully saturated rings.